The third-order valence-electron chi connectivity index (χ3n) is 4.46. The second-order valence-corrected chi connectivity index (χ2v) is 6.12. The van der Waals surface area contributed by atoms with Gasteiger partial charge >= 0.3 is 6.09 Å². The summed E-state index contributed by atoms with van der Waals surface area (Å²) >= 11 is 0. The van der Waals surface area contributed by atoms with Crippen LogP contribution in [0.5, 0.6) is 0 Å². The summed E-state index contributed by atoms with van der Waals surface area (Å²) in [5, 5.41) is 10.8. The van der Waals surface area contributed by atoms with E-state index in [4.69, 9.17) is 4.74 Å². The monoisotopic (exact) mass is 300 g/mol. The van der Waals surface area contributed by atoms with Crippen molar-refractivity contribution in [3.63, 3.8) is 0 Å². The lowest BCUT2D eigenvalue weighted by Crippen LogP contribution is -2.52. The molecule has 1 N–H and O–H groups in total. The zero-order valence-electron chi connectivity index (χ0n) is 12.9. The number of hydrogen-bond donors (Lipinski definition) is 1. The number of hydrogen-bond acceptors (Lipinski definition) is 4. The zero-order chi connectivity index (χ0) is 15.7. The normalized spacial score (nSPS) is 29.7. The van der Waals surface area contributed by atoms with E-state index in [1.165, 1.54) is 7.11 Å². The minimum absolute atomic E-state index is 0.0102. The Kier molecular flexibility index (Phi) is 3.79. The summed E-state index contributed by atoms with van der Waals surface area (Å²) in [6, 6.07) is 5.67. The fourth-order valence-corrected chi connectivity index (χ4v) is 3.52. The molecule has 5 heteroatoms. The van der Waals surface area contributed by atoms with Crippen molar-refractivity contribution in [3.05, 3.63) is 29.6 Å². The number of piperidine rings is 1. The number of rotatable bonds is 0. The molecule has 0 unspecified atom stereocenters. The Hall–Kier alpha value is -2.06. The third-order valence-corrected chi connectivity index (χ3v) is 4.46. The largest absolute Gasteiger partial charge is 0.453 e. The molecule has 22 heavy (non-hydrogen) atoms. The van der Waals surface area contributed by atoms with Gasteiger partial charge in [0.1, 0.15) is 11.3 Å². The molecule has 2 bridgehead atoms. The van der Waals surface area contributed by atoms with Gasteiger partial charge in [0.15, 0.2) is 0 Å². The van der Waals surface area contributed by atoms with Crippen molar-refractivity contribution in [1.29, 1.82) is 0 Å². The predicted molar refractivity (Wildman–Crippen MR) is 81.1 cm³/mol. The van der Waals surface area contributed by atoms with Gasteiger partial charge in [-0.15, -0.1) is 0 Å². The Morgan fingerprint density at radius 3 is 2.68 bits per heavy atom. The first kappa shape index (κ1) is 14.9. The number of aromatic nitrogens is 1. The van der Waals surface area contributed by atoms with Crippen LogP contribution in [0.1, 0.15) is 37.1 Å². The molecule has 0 spiro atoms. The zero-order valence-corrected chi connectivity index (χ0v) is 12.9. The molecule has 3 rings (SSSR count). The van der Waals surface area contributed by atoms with E-state index in [2.05, 4.69) is 16.8 Å². The standard InChI is InChI=1S/C17H20N2O3/c1-12-4-3-5-13(18-12)8-9-17(21)10-14-6-7-15(11-17)19(14)16(20)22-2/h3-5,14-15,21H,6-7,10-11H2,1-2H3/t14-,15-/m1/s1. The summed E-state index contributed by atoms with van der Waals surface area (Å²) in [4.78, 5) is 17.9. The van der Waals surface area contributed by atoms with Crippen molar-refractivity contribution in [2.75, 3.05) is 7.11 Å². The first-order chi connectivity index (χ1) is 10.5. The van der Waals surface area contributed by atoms with Crippen molar-refractivity contribution in [2.45, 2.75) is 50.3 Å². The molecule has 1 amide bonds. The number of aliphatic hydroxyl groups is 1. The first-order valence-corrected chi connectivity index (χ1v) is 7.56. The van der Waals surface area contributed by atoms with Crippen LogP contribution in [0.3, 0.4) is 0 Å². The number of fused-ring (bicyclic) bond motifs is 2. The Morgan fingerprint density at radius 1 is 1.41 bits per heavy atom. The number of methoxy groups -OCH3 is 1. The maximum atomic E-state index is 11.8. The van der Waals surface area contributed by atoms with E-state index in [1.54, 1.807) is 4.90 Å². The second kappa shape index (κ2) is 5.62. The Morgan fingerprint density at radius 2 is 2.09 bits per heavy atom. The number of amides is 1. The summed E-state index contributed by atoms with van der Waals surface area (Å²) in [6.45, 7) is 1.91. The van der Waals surface area contributed by atoms with Crippen LogP contribution in [0.2, 0.25) is 0 Å². The van der Waals surface area contributed by atoms with Crippen molar-refractivity contribution in [3.8, 4) is 11.8 Å². The van der Waals surface area contributed by atoms with E-state index in [1.807, 2.05) is 25.1 Å². The SMILES string of the molecule is COC(=O)N1[C@@H]2CC[C@@H]1CC(O)(C#Cc1cccc(C)n1)C2. The Labute approximate surface area is 130 Å². The van der Waals surface area contributed by atoms with E-state index in [9.17, 15) is 9.90 Å². The average molecular weight is 300 g/mol. The van der Waals surface area contributed by atoms with Gasteiger partial charge in [0.05, 0.1) is 7.11 Å². The molecule has 1 aromatic heterocycles. The average Bonchev–Trinajstić information content (AvgIpc) is 2.78. The number of carbonyl (C=O) groups excluding carboxylic acids is 1. The van der Waals surface area contributed by atoms with Gasteiger partial charge in [-0.1, -0.05) is 12.0 Å². The van der Waals surface area contributed by atoms with Crippen LogP contribution < -0.4 is 0 Å². The number of ether oxygens (including phenoxy) is 1. The van der Waals surface area contributed by atoms with Crippen LogP contribution in [0.25, 0.3) is 0 Å². The minimum Gasteiger partial charge on any atom is -0.453 e. The van der Waals surface area contributed by atoms with E-state index in [-0.39, 0.29) is 18.2 Å². The molecule has 116 valence electrons. The van der Waals surface area contributed by atoms with E-state index in [0.717, 1.165) is 18.5 Å². The fraction of sp³-hybridized carbons (Fsp3) is 0.529. The summed E-state index contributed by atoms with van der Waals surface area (Å²) in [5.41, 5.74) is 0.512. The van der Waals surface area contributed by atoms with Gasteiger partial charge in [-0.2, -0.15) is 0 Å². The van der Waals surface area contributed by atoms with Crippen molar-refractivity contribution in [1.82, 2.24) is 9.88 Å². The van der Waals surface area contributed by atoms with Crippen molar-refractivity contribution >= 4 is 6.09 Å². The lowest BCUT2D eigenvalue weighted by atomic mass is 9.86. The van der Waals surface area contributed by atoms with Gasteiger partial charge in [0, 0.05) is 30.6 Å². The molecule has 2 aliphatic heterocycles. The van der Waals surface area contributed by atoms with Crippen LogP contribution in [0.15, 0.2) is 18.2 Å². The highest BCUT2D eigenvalue weighted by Gasteiger charge is 2.49. The Bertz CT molecular complexity index is 633. The molecule has 1 aromatic rings. The molecule has 0 aromatic carbocycles. The van der Waals surface area contributed by atoms with Gasteiger partial charge in [-0.05, 0) is 37.8 Å². The first-order valence-electron chi connectivity index (χ1n) is 7.56. The van der Waals surface area contributed by atoms with Gasteiger partial charge in [0.25, 0.3) is 0 Å². The van der Waals surface area contributed by atoms with Crippen LogP contribution in [0, 0.1) is 18.8 Å². The summed E-state index contributed by atoms with van der Waals surface area (Å²) in [5.74, 6) is 5.96. The molecule has 0 radical (unpaired) electrons. The van der Waals surface area contributed by atoms with Gasteiger partial charge in [-0.25, -0.2) is 9.78 Å². The van der Waals surface area contributed by atoms with Gasteiger partial charge < -0.3 is 14.7 Å². The third kappa shape index (κ3) is 2.79. The van der Waals surface area contributed by atoms with Crippen LogP contribution in [-0.2, 0) is 4.74 Å². The summed E-state index contributed by atoms with van der Waals surface area (Å²) in [7, 11) is 1.39. The lowest BCUT2D eigenvalue weighted by molar-refractivity contribution is -0.00731. The van der Waals surface area contributed by atoms with Crippen molar-refractivity contribution < 1.29 is 14.6 Å². The molecular weight excluding hydrogens is 280 g/mol. The maximum Gasteiger partial charge on any atom is 0.409 e. The molecule has 2 fully saturated rings. The van der Waals surface area contributed by atoms with Gasteiger partial charge in [0.2, 0.25) is 0 Å². The second-order valence-electron chi connectivity index (χ2n) is 6.12. The number of carbonyl (C=O) groups is 1. The topological polar surface area (TPSA) is 62.7 Å². The molecule has 2 aliphatic rings. The minimum atomic E-state index is -1.05. The van der Waals surface area contributed by atoms with Crippen molar-refractivity contribution in [2.24, 2.45) is 0 Å². The maximum absolute atomic E-state index is 11.8. The van der Waals surface area contributed by atoms with Crippen LogP contribution in [0.4, 0.5) is 4.79 Å². The van der Waals surface area contributed by atoms with Crippen LogP contribution in [-0.4, -0.2) is 45.9 Å². The molecular formula is C17H20N2O3. The number of nitrogens with zero attached hydrogens (tertiary/aromatic N) is 2. The fourth-order valence-electron chi connectivity index (χ4n) is 3.52. The highest BCUT2D eigenvalue weighted by Crippen LogP contribution is 2.40. The lowest BCUT2D eigenvalue weighted by Gasteiger charge is -2.40. The number of pyridine rings is 1. The highest BCUT2D eigenvalue weighted by atomic mass is 16.5. The van der Waals surface area contributed by atoms with E-state index in [0.29, 0.717) is 18.5 Å². The molecule has 0 aliphatic carbocycles. The molecule has 2 saturated heterocycles. The van der Waals surface area contributed by atoms with Crippen LogP contribution >= 0.6 is 0 Å². The predicted octanol–water partition coefficient (Wildman–Crippen LogP) is 1.87. The molecule has 3 heterocycles. The quantitative estimate of drug-likeness (QED) is 0.743. The molecule has 0 saturated carbocycles. The molecule has 2 atom stereocenters. The van der Waals surface area contributed by atoms with Gasteiger partial charge in [-0.3, -0.25) is 0 Å². The van der Waals surface area contributed by atoms with E-state index < -0.39 is 5.60 Å². The highest BCUT2D eigenvalue weighted by molar-refractivity contribution is 5.69. The van der Waals surface area contributed by atoms with E-state index >= 15 is 0 Å². The number of aryl methyl sites for hydroxylation is 1. The summed E-state index contributed by atoms with van der Waals surface area (Å²) in [6.07, 6.45) is 2.43. The smallest absolute Gasteiger partial charge is 0.409 e. The summed E-state index contributed by atoms with van der Waals surface area (Å²) < 4.78 is 4.84. The molecule has 5 nitrogen and oxygen atoms in total. The Balaban J connectivity index is 1.78.